The van der Waals surface area contributed by atoms with E-state index in [1.165, 1.54) is 13.0 Å². The summed E-state index contributed by atoms with van der Waals surface area (Å²) < 4.78 is 0. The number of nitrogens with zero attached hydrogens (tertiary/aromatic N) is 2. The van der Waals surface area contributed by atoms with Gasteiger partial charge >= 0.3 is 5.97 Å². The summed E-state index contributed by atoms with van der Waals surface area (Å²) in [6.07, 6.45) is 2.16. The number of hydrogen-bond acceptors (Lipinski definition) is 4. The standard InChI is InChI=1S/C15H20N2O4/c1-10-4-3-7-16(9-10)13-6-5-12(11(2)15(18)19)8-14(13)17(20)21/h5-6,8,10-11H,3-4,7,9H2,1-2H3,(H,18,19). The van der Waals surface area contributed by atoms with Gasteiger partial charge in [-0.2, -0.15) is 0 Å². The van der Waals surface area contributed by atoms with Gasteiger partial charge in [0.15, 0.2) is 0 Å². The molecular formula is C15H20N2O4. The number of benzene rings is 1. The molecule has 0 aliphatic carbocycles. The number of carbonyl (C=O) groups is 1. The third kappa shape index (κ3) is 3.32. The van der Waals surface area contributed by atoms with E-state index in [2.05, 4.69) is 6.92 Å². The lowest BCUT2D eigenvalue weighted by Gasteiger charge is -2.32. The number of carboxylic acid groups (broad SMARTS) is 1. The zero-order chi connectivity index (χ0) is 15.6. The van der Waals surface area contributed by atoms with Gasteiger partial charge in [-0.1, -0.05) is 13.0 Å². The average Bonchev–Trinajstić information content (AvgIpc) is 2.45. The molecule has 6 nitrogen and oxygen atoms in total. The van der Waals surface area contributed by atoms with Crippen LogP contribution in [0.3, 0.4) is 0 Å². The lowest BCUT2D eigenvalue weighted by atomic mass is 9.97. The SMILES string of the molecule is CC1CCCN(c2ccc(C(C)C(=O)O)cc2[N+](=O)[O-])C1. The Morgan fingerprint density at radius 1 is 1.52 bits per heavy atom. The van der Waals surface area contributed by atoms with Gasteiger partial charge in [0, 0.05) is 19.2 Å². The second kappa shape index (κ2) is 6.11. The largest absolute Gasteiger partial charge is 0.481 e. The van der Waals surface area contributed by atoms with Crippen molar-refractivity contribution >= 4 is 17.3 Å². The van der Waals surface area contributed by atoms with E-state index >= 15 is 0 Å². The van der Waals surface area contributed by atoms with Crippen molar-refractivity contribution in [3.63, 3.8) is 0 Å². The first-order valence-corrected chi connectivity index (χ1v) is 7.16. The van der Waals surface area contributed by atoms with Gasteiger partial charge in [0.05, 0.1) is 10.8 Å². The number of carboxylic acids is 1. The molecule has 1 heterocycles. The zero-order valence-electron chi connectivity index (χ0n) is 12.3. The Bertz CT molecular complexity index is 559. The highest BCUT2D eigenvalue weighted by Gasteiger charge is 2.25. The Morgan fingerprint density at radius 3 is 2.81 bits per heavy atom. The van der Waals surface area contributed by atoms with E-state index in [9.17, 15) is 14.9 Å². The van der Waals surface area contributed by atoms with Crippen molar-refractivity contribution < 1.29 is 14.8 Å². The van der Waals surface area contributed by atoms with E-state index in [0.29, 0.717) is 17.2 Å². The summed E-state index contributed by atoms with van der Waals surface area (Å²) in [6.45, 7) is 5.27. The minimum Gasteiger partial charge on any atom is -0.481 e. The summed E-state index contributed by atoms with van der Waals surface area (Å²) in [5.41, 5.74) is 1.05. The van der Waals surface area contributed by atoms with E-state index in [1.807, 2.05) is 4.90 Å². The molecule has 0 aromatic heterocycles. The molecule has 1 aliphatic rings. The molecule has 0 radical (unpaired) electrons. The van der Waals surface area contributed by atoms with Crippen LogP contribution in [0.5, 0.6) is 0 Å². The Balaban J connectivity index is 2.37. The molecule has 2 atom stereocenters. The van der Waals surface area contributed by atoms with Crippen LogP contribution in [0.1, 0.15) is 38.2 Å². The predicted molar refractivity (Wildman–Crippen MR) is 79.8 cm³/mol. The maximum atomic E-state index is 11.3. The van der Waals surface area contributed by atoms with Crippen LogP contribution in [0, 0.1) is 16.0 Å². The summed E-state index contributed by atoms with van der Waals surface area (Å²) in [5.74, 6) is -1.22. The van der Waals surface area contributed by atoms with Gasteiger partial charge in [-0.15, -0.1) is 0 Å². The Hall–Kier alpha value is -2.11. The topological polar surface area (TPSA) is 83.7 Å². The number of nitro benzene ring substituents is 1. The van der Waals surface area contributed by atoms with Gasteiger partial charge in [0.2, 0.25) is 0 Å². The second-order valence-corrected chi connectivity index (χ2v) is 5.76. The fourth-order valence-corrected chi connectivity index (χ4v) is 2.77. The highest BCUT2D eigenvalue weighted by Crippen LogP contribution is 2.34. The van der Waals surface area contributed by atoms with Gasteiger partial charge in [-0.3, -0.25) is 14.9 Å². The van der Waals surface area contributed by atoms with E-state index < -0.39 is 16.8 Å². The first-order chi connectivity index (χ1) is 9.90. The van der Waals surface area contributed by atoms with Crippen molar-refractivity contribution in [1.82, 2.24) is 0 Å². The lowest BCUT2D eigenvalue weighted by molar-refractivity contribution is -0.384. The summed E-state index contributed by atoms with van der Waals surface area (Å²) in [5, 5.41) is 20.4. The number of piperidine rings is 1. The van der Waals surface area contributed by atoms with Crippen LogP contribution in [0.2, 0.25) is 0 Å². The number of rotatable bonds is 4. The molecule has 114 valence electrons. The summed E-state index contributed by atoms with van der Waals surface area (Å²) in [4.78, 5) is 24.0. The fourth-order valence-electron chi connectivity index (χ4n) is 2.77. The molecule has 6 heteroatoms. The van der Waals surface area contributed by atoms with Gasteiger partial charge < -0.3 is 10.0 Å². The molecule has 0 amide bonds. The van der Waals surface area contributed by atoms with Crippen molar-refractivity contribution in [2.75, 3.05) is 18.0 Å². The molecule has 1 aromatic carbocycles. The van der Waals surface area contributed by atoms with Crippen LogP contribution in [0.25, 0.3) is 0 Å². The molecule has 1 N–H and O–H groups in total. The van der Waals surface area contributed by atoms with Gasteiger partial charge in [-0.05, 0) is 37.3 Å². The minimum absolute atomic E-state index is 0.00491. The zero-order valence-corrected chi connectivity index (χ0v) is 12.3. The molecule has 2 unspecified atom stereocenters. The summed E-state index contributed by atoms with van der Waals surface area (Å²) in [6, 6.07) is 4.76. The highest BCUT2D eigenvalue weighted by atomic mass is 16.6. The van der Waals surface area contributed by atoms with Crippen LogP contribution in [0.4, 0.5) is 11.4 Å². The molecule has 1 fully saturated rings. The maximum absolute atomic E-state index is 11.3. The van der Waals surface area contributed by atoms with Crippen molar-refractivity contribution in [3.05, 3.63) is 33.9 Å². The summed E-state index contributed by atoms with van der Waals surface area (Å²) >= 11 is 0. The molecule has 2 rings (SSSR count). The third-order valence-electron chi connectivity index (χ3n) is 4.06. The van der Waals surface area contributed by atoms with Gasteiger partial charge in [0.1, 0.15) is 5.69 Å². The van der Waals surface area contributed by atoms with Gasteiger partial charge in [-0.25, -0.2) is 0 Å². The first-order valence-electron chi connectivity index (χ1n) is 7.16. The van der Waals surface area contributed by atoms with Crippen molar-refractivity contribution in [1.29, 1.82) is 0 Å². The second-order valence-electron chi connectivity index (χ2n) is 5.76. The highest BCUT2D eigenvalue weighted by molar-refractivity contribution is 5.77. The van der Waals surface area contributed by atoms with Crippen molar-refractivity contribution in [3.8, 4) is 0 Å². The number of nitro groups is 1. The average molecular weight is 292 g/mol. The minimum atomic E-state index is -0.983. The quantitative estimate of drug-likeness (QED) is 0.681. The normalized spacial score (nSPS) is 20.1. The van der Waals surface area contributed by atoms with Crippen LogP contribution >= 0.6 is 0 Å². The van der Waals surface area contributed by atoms with Crippen molar-refractivity contribution in [2.24, 2.45) is 5.92 Å². The Morgan fingerprint density at radius 2 is 2.24 bits per heavy atom. The molecular weight excluding hydrogens is 272 g/mol. The molecule has 21 heavy (non-hydrogen) atoms. The third-order valence-corrected chi connectivity index (χ3v) is 4.06. The van der Waals surface area contributed by atoms with E-state index in [0.717, 1.165) is 25.9 Å². The smallest absolute Gasteiger partial charge is 0.310 e. The maximum Gasteiger partial charge on any atom is 0.310 e. The molecule has 0 saturated carbocycles. The number of anilines is 1. The van der Waals surface area contributed by atoms with Crippen molar-refractivity contribution in [2.45, 2.75) is 32.6 Å². The number of hydrogen-bond donors (Lipinski definition) is 1. The monoisotopic (exact) mass is 292 g/mol. The van der Waals surface area contributed by atoms with Crippen LogP contribution < -0.4 is 4.90 Å². The van der Waals surface area contributed by atoms with Crippen LogP contribution in [0.15, 0.2) is 18.2 Å². The van der Waals surface area contributed by atoms with Crippen LogP contribution in [-0.2, 0) is 4.79 Å². The van der Waals surface area contributed by atoms with E-state index in [4.69, 9.17) is 5.11 Å². The van der Waals surface area contributed by atoms with E-state index in [1.54, 1.807) is 12.1 Å². The number of aliphatic carboxylic acids is 1. The summed E-state index contributed by atoms with van der Waals surface area (Å²) in [7, 11) is 0. The fraction of sp³-hybridized carbons (Fsp3) is 0.533. The molecule has 1 aliphatic heterocycles. The van der Waals surface area contributed by atoms with Gasteiger partial charge in [0.25, 0.3) is 5.69 Å². The molecule has 0 bridgehead atoms. The molecule has 1 aromatic rings. The lowest BCUT2D eigenvalue weighted by Crippen LogP contribution is -2.34. The van der Waals surface area contributed by atoms with Crippen LogP contribution in [-0.4, -0.2) is 29.1 Å². The predicted octanol–water partition coefficient (Wildman–Crippen LogP) is 3.02. The Kier molecular flexibility index (Phi) is 4.45. The molecule has 0 spiro atoms. The molecule has 1 saturated heterocycles. The first kappa shape index (κ1) is 15.3. The Labute approximate surface area is 123 Å². The van der Waals surface area contributed by atoms with E-state index in [-0.39, 0.29) is 5.69 Å².